The van der Waals surface area contributed by atoms with Gasteiger partial charge in [-0.25, -0.2) is 0 Å². The van der Waals surface area contributed by atoms with Crippen LogP contribution in [0.5, 0.6) is 0 Å². The summed E-state index contributed by atoms with van der Waals surface area (Å²) in [5.74, 6) is -0.269. The molecular weight excluding hydrogens is 314 g/mol. The Labute approximate surface area is 149 Å². The molecular formula is C20H27N3O2. The smallest absolute Gasteiger partial charge is 0.254 e. The van der Waals surface area contributed by atoms with Crippen molar-refractivity contribution in [2.24, 2.45) is 0 Å². The minimum Gasteiger partial charge on any atom is -0.352 e. The molecule has 0 unspecified atom stereocenters. The van der Waals surface area contributed by atoms with Crippen LogP contribution in [-0.2, 0) is 4.79 Å². The van der Waals surface area contributed by atoms with E-state index in [4.69, 9.17) is 0 Å². The van der Waals surface area contributed by atoms with E-state index in [0.29, 0.717) is 12.1 Å². The van der Waals surface area contributed by atoms with Gasteiger partial charge in [0.05, 0.1) is 6.54 Å². The Kier molecular flexibility index (Phi) is 6.02. The normalized spacial score (nSPS) is 10.8. The van der Waals surface area contributed by atoms with Crippen molar-refractivity contribution in [3.8, 4) is 5.69 Å². The van der Waals surface area contributed by atoms with Crippen LogP contribution in [0.25, 0.3) is 5.69 Å². The molecule has 2 amide bonds. The van der Waals surface area contributed by atoms with E-state index in [1.807, 2.05) is 45.0 Å². The van der Waals surface area contributed by atoms with E-state index in [1.54, 1.807) is 4.90 Å². The minimum absolute atomic E-state index is 0.0636. The summed E-state index contributed by atoms with van der Waals surface area (Å²) >= 11 is 0. The molecule has 1 aromatic heterocycles. The van der Waals surface area contributed by atoms with Crippen LogP contribution < -0.4 is 5.32 Å². The van der Waals surface area contributed by atoms with Gasteiger partial charge in [0, 0.05) is 35.2 Å². The van der Waals surface area contributed by atoms with Crippen LogP contribution in [0.15, 0.2) is 36.4 Å². The zero-order chi connectivity index (χ0) is 18.6. The van der Waals surface area contributed by atoms with E-state index < -0.39 is 0 Å². The van der Waals surface area contributed by atoms with Crippen LogP contribution in [0, 0.1) is 13.8 Å². The first-order valence-corrected chi connectivity index (χ1v) is 8.67. The number of likely N-dealkylation sites (N-methyl/N-ethyl adjacent to an activating group) is 1. The third-order valence-corrected chi connectivity index (χ3v) is 4.10. The Hall–Kier alpha value is -2.56. The van der Waals surface area contributed by atoms with Crippen LogP contribution in [0.3, 0.4) is 0 Å². The van der Waals surface area contributed by atoms with Crippen LogP contribution >= 0.6 is 0 Å². The first-order valence-electron chi connectivity index (χ1n) is 8.67. The van der Waals surface area contributed by atoms with Gasteiger partial charge in [-0.05, 0) is 71.0 Å². The van der Waals surface area contributed by atoms with Crippen molar-refractivity contribution in [1.29, 1.82) is 0 Å². The number of rotatable bonds is 6. The Morgan fingerprint density at radius 3 is 2.08 bits per heavy atom. The molecule has 5 heteroatoms. The molecule has 0 atom stereocenters. The lowest BCUT2D eigenvalue weighted by Crippen LogP contribution is -2.42. The molecule has 5 nitrogen and oxygen atoms in total. The zero-order valence-electron chi connectivity index (χ0n) is 15.7. The SMILES string of the molecule is CCN(CC(=O)NC(C)C)C(=O)c1ccc(-n2c(C)ccc2C)cc1. The molecule has 1 heterocycles. The first-order chi connectivity index (χ1) is 11.8. The van der Waals surface area contributed by atoms with Gasteiger partial charge >= 0.3 is 0 Å². The third kappa shape index (κ3) is 4.50. The monoisotopic (exact) mass is 341 g/mol. The number of nitrogens with one attached hydrogen (secondary N) is 1. The predicted octanol–water partition coefficient (Wildman–Crippen LogP) is 3.08. The number of aryl methyl sites for hydroxylation is 2. The van der Waals surface area contributed by atoms with Crippen molar-refractivity contribution in [2.75, 3.05) is 13.1 Å². The van der Waals surface area contributed by atoms with Crippen molar-refractivity contribution in [3.63, 3.8) is 0 Å². The second-order valence-electron chi connectivity index (χ2n) is 6.54. The molecule has 0 radical (unpaired) electrons. The number of amides is 2. The van der Waals surface area contributed by atoms with Gasteiger partial charge in [-0.3, -0.25) is 9.59 Å². The fourth-order valence-corrected chi connectivity index (χ4v) is 2.88. The van der Waals surface area contributed by atoms with Crippen LogP contribution in [0.2, 0.25) is 0 Å². The summed E-state index contributed by atoms with van der Waals surface area (Å²) in [5, 5.41) is 2.82. The minimum atomic E-state index is -0.139. The molecule has 1 aromatic carbocycles. The molecule has 0 fully saturated rings. The Balaban J connectivity index is 2.15. The van der Waals surface area contributed by atoms with E-state index in [0.717, 1.165) is 17.1 Å². The second-order valence-corrected chi connectivity index (χ2v) is 6.54. The summed E-state index contributed by atoms with van der Waals surface area (Å²) < 4.78 is 2.14. The topological polar surface area (TPSA) is 54.3 Å². The molecule has 0 saturated heterocycles. The lowest BCUT2D eigenvalue weighted by atomic mass is 10.1. The average molecular weight is 341 g/mol. The van der Waals surface area contributed by atoms with Crippen LogP contribution in [-0.4, -0.2) is 40.4 Å². The quantitative estimate of drug-likeness (QED) is 0.878. The van der Waals surface area contributed by atoms with Gasteiger partial charge in [0.2, 0.25) is 5.91 Å². The summed E-state index contributed by atoms with van der Waals surface area (Å²) in [6.07, 6.45) is 0. The molecule has 0 saturated carbocycles. The Morgan fingerprint density at radius 2 is 1.60 bits per heavy atom. The molecule has 134 valence electrons. The summed E-state index contributed by atoms with van der Waals surface area (Å²) in [4.78, 5) is 26.2. The molecule has 2 aromatic rings. The zero-order valence-corrected chi connectivity index (χ0v) is 15.7. The average Bonchev–Trinajstić information content (AvgIpc) is 2.90. The maximum Gasteiger partial charge on any atom is 0.254 e. The highest BCUT2D eigenvalue weighted by molar-refractivity contribution is 5.96. The summed E-state index contributed by atoms with van der Waals surface area (Å²) in [5.41, 5.74) is 3.91. The maximum atomic E-state index is 12.7. The van der Waals surface area contributed by atoms with Crippen LogP contribution in [0.1, 0.15) is 42.5 Å². The highest BCUT2D eigenvalue weighted by Gasteiger charge is 2.18. The molecule has 0 aliphatic rings. The number of hydrogen-bond donors (Lipinski definition) is 1. The van der Waals surface area contributed by atoms with Crippen LogP contribution in [0.4, 0.5) is 0 Å². The largest absolute Gasteiger partial charge is 0.352 e. The van der Waals surface area contributed by atoms with Gasteiger partial charge < -0.3 is 14.8 Å². The van der Waals surface area contributed by atoms with Gasteiger partial charge in [-0.1, -0.05) is 0 Å². The highest BCUT2D eigenvalue weighted by atomic mass is 16.2. The molecule has 25 heavy (non-hydrogen) atoms. The maximum absolute atomic E-state index is 12.7. The summed E-state index contributed by atoms with van der Waals surface area (Å²) in [6, 6.07) is 11.7. The second kappa shape index (κ2) is 8.01. The van der Waals surface area contributed by atoms with E-state index in [2.05, 4.69) is 35.9 Å². The van der Waals surface area contributed by atoms with E-state index in [1.165, 1.54) is 0 Å². The highest BCUT2D eigenvalue weighted by Crippen LogP contribution is 2.17. The lowest BCUT2D eigenvalue weighted by Gasteiger charge is -2.21. The number of aromatic nitrogens is 1. The third-order valence-electron chi connectivity index (χ3n) is 4.10. The fraction of sp³-hybridized carbons (Fsp3) is 0.400. The van der Waals surface area contributed by atoms with E-state index >= 15 is 0 Å². The Bertz CT molecular complexity index is 725. The number of nitrogens with zero attached hydrogens (tertiary/aromatic N) is 2. The molecule has 0 spiro atoms. The van der Waals surface area contributed by atoms with E-state index in [-0.39, 0.29) is 24.4 Å². The number of carbonyl (C=O) groups is 2. The van der Waals surface area contributed by atoms with Crippen molar-refractivity contribution in [1.82, 2.24) is 14.8 Å². The predicted molar refractivity (Wildman–Crippen MR) is 100 cm³/mol. The summed E-state index contributed by atoms with van der Waals surface area (Å²) in [6.45, 7) is 10.4. The van der Waals surface area contributed by atoms with Gasteiger partial charge in [-0.15, -0.1) is 0 Å². The van der Waals surface area contributed by atoms with Gasteiger partial charge in [0.1, 0.15) is 0 Å². The molecule has 0 bridgehead atoms. The van der Waals surface area contributed by atoms with Gasteiger partial charge in [0.25, 0.3) is 5.91 Å². The van der Waals surface area contributed by atoms with Gasteiger partial charge in [0.15, 0.2) is 0 Å². The standard InChI is InChI=1S/C20H27N3O2/c1-6-22(13-19(24)21-14(2)3)20(25)17-9-11-18(12-10-17)23-15(4)7-8-16(23)5/h7-12,14H,6,13H2,1-5H3,(H,21,24). The fourth-order valence-electron chi connectivity index (χ4n) is 2.88. The number of benzene rings is 1. The molecule has 0 aliphatic heterocycles. The van der Waals surface area contributed by atoms with Crippen molar-refractivity contribution in [3.05, 3.63) is 53.3 Å². The molecule has 0 aliphatic carbocycles. The molecule has 1 N–H and O–H groups in total. The van der Waals surface area contributed by atoms with Crippen molar-refractivity contribution in [2.45, 2.75) is 40.7 Å². The molecule has 2 rings (SSSR count). The Morgan fingerprint density at radius 1 is 1.04 bits per heavy atom. The van der Waals surface area contributed by atoms with Crippen molar-refractivity contribution < 1.29 is 9.59 Å². The van der Waals surface area contributed by atoms with E-state index in [9.17, 15) is 9.59 Å². The number of carbonyl (C=O) groups excluding carboxylic acids is 2. The summed E-state index contributed by atoms with van der Waals surface area (Å²) in [7, 11) is 0. The van der Waals surface area contributed by atoms with Crippen molar-refractivity contribution >= 4 is 11.8 Å². The number of hydrogen-bond acceptors (Lipinski definition) is 2. The lowest BCUT2D eigenvalue weighted by molar-refractivity contribution is -0.122. The van der Waals surface area contributed by atoms with Gasteiger partial charge in [-0.2, -0.15) is 0 Å². The first kappa shape index (κ1) is 18.8.